The molecule has 0 atom stereocenters. The van der Waals surface area contributed by atoms with Crippen molar-refractivity contribution in [3.8, 4) is 11.5 Å². The number of hydrogen-bond donors (Lipinski definition) is 2. The lowest BCUT2D eigenvalue weighted by Crippen LogP contribution is -2.48. The topological polar surface area (TPSA) is 54.9 Å². The fourth-order valence-corrected chi connectivity index (χ4v) is 1.92. The molecular formula is C16H25F2N3O2. The fourth-order valence-electron chi connectivity index (χ4n) is 1.92. The monoisotopic (exact) mass is 329 g/mol. The van der Waals surface area contributed by atoms with Crippen molar-refractivity contribution in [2.45, 2.75) is 39.3 Å². The molecule has 0 unspecified atom stereocenters. The highest BCUT2D eigenvalue weighted by Gasteiger charge is 2.13. The van der Waals surface area contributed by atoms with Crippen molar-refractivity contribution < 1.29 is 18.3 Å². The molecule has 0 bridgehead atoms. The zero-order valence-electron chi connectivity index (χ0n) is 14.2. The molecule has 0 aromatic heterocycles. The summed E-state index contributed by atoms with van der Waals surface area (Å²) in [6, 6.07) is 5.00. The van der Waals surface area contributed by atoms with Crippen molar-refractivity contribution in [1.82, 2.24) is 10.6 Å². The van der Waals surface area contributed by atoms with Crippen molar-refractivity contribution in [2.24, 2.45) is 4.99 Å². The number of ether oxygens (including phenoxy) is 2. The van der Waals surface area contributed by atoms with Crippen LogP contribution in [0.15, 0.2) is 23.2 Å². The molecule has 0 heterocycles. The van der Waals surface area contributed by atoms with Gasteiger partial charge < -0.3 is 20.1 Å². The molecule has 130 valence electrons. The second kappa shape index (κ2) is 8.55. The summed E-state index contributed by atoms with van der Waals surface area (Å²) in [7, 11) is 3.11. The van der Waals surface area contributed by atoms with E-state index in [1.165, 1.54) is 7.11 Å². The van der Waals surface area contributed by atoms with Crippen molar-refractivity contribution in [3.63, 3.8) is 0 Å². The number of nitrogens with zero attached hydrogens (tertiary/aromatic N) is 1. The van der Waals surface area contributed by atoms with E-state index in [2.05, 4.69) is 20.4 Å². The molecule has 7 heteroatoms. The Balaban J connectivity index is 2.64. The number of rotatable bonds is 6. The summed E-state index contributed by atoms with van der Waals surface area (Å²) in [6.07, 6.45) is 0.633. The highest BCUT2D eigenvalue weighted by atomic mass is 19.3. The first-order valence-corrected chi connectivity index (χ1v) is 7.35. The maximum Gasteiger partial charge on any atom is 0.387 e. The highest BCUT2D eigenvalue weighted by Crippen LogP contribution is 2.29. The summed E-state index contributed by atoms with van der Waals surface area (Å²) in [4.78, 5) is 4.14. The summed E-state index contributed by atoms with van der Waals surface area (Å²) in [6.45, 7) is 3.84. The van der Waals surface area contributed by atoms with E-state index in [1.54, 1.807) is 19.2 Å². The molecule has 0 aliphatic carbocycles. The van der Waals surface area contributed by atoms with Crippen LogP contribution in [-0.4, -0.2) is 38.8 Å². The maximum atomic E-state index is 12.4. The Morgan fingerprint density at radius 1 is 1.26 bits per heavy atom. The number of benzene rings is 1. The highest BCUT2D eigenvalue weighted by molar-refractivity contribution is 5.80. The first-order chi connectivity index (χ1) is 10.7. The predicted octanol–water partition coefficient (Wildman–Crippen LogP) is 2.80. The van der Waals surface area contributed by atoms with Crippen LogP contribution in [0.2, 0.25) is 0 Å². The van der Waals surface area contributed by atoms with E-state index in [0.29, 0.717) is 18.9 Å². The lowest BCUT2D eigenvalue weighted by molar-refractivity contribution is -0.0512. The smallest absolute Gasteiger partial charge is 0.387 e. The molecule has 1 aromatic rings. The number of guanidine groups is 1. The molecular weight excluding hydrogens is 304 g/mol. The minimum Gasteiger partial charge on any atom is -0.493 e. The third-order valence-corrected chi connectivity index (χ3v) is 2.87. The summed E-state index contributed by atoms with van der Waals surface area (Å²) < 4.78 is 34.3. The standard InChI is InChI=1S/C16H25F2N3O2/c1-16(2,3)21-15(19-4)20-9-8-11-6-7-12(22-5)13(10-11)23-14(17)18/h6-7,10,14H,8-9H2,1-5H3,(H2,19,20,21). The van der Waals surface area contributed by atoms with Crippen LogP contribution in [0.4, 0.5) is 8.78 Å². The number of methoxy groups -OCH3 is 1. The van der Waals surface area contributed by atoms with Gasteiger partial charge in [0.1, 0.15) is 0 Å². The Morgan fingerprint density at radius 2 is 1.96 bits per heavy atom. The molecule has 0 amide bonds. The Hall–Kier alpha value is -2.05. The first kappa shape index (κ1) is 19.0. The first-order valence-electron chi connectivity index (χ1n) is 7.35. The van der Waals surface area contributed by atoms with Gasteiger partial charge in [-0.3, -0.25) is 4.99 Å². The van der Waals surface area contributed by atoms with Gasteiger partial charge in [0.15, 0.2) is 17.5 Å². The van der Waals surface area contributed by atoms with E-state index in [1.807, 2.05) is 26.8 Å². The van der Waals surface area contributed by atoms with E-state index in [0.717, 1.165) is 5.56 Å². The lowest BCUT2D eigenvalue weighted by Gasteiger charge is -2.23. The minimum atomic E-state index is -2.88. The van der Waals surface area contributed by atoms with Crippen molar-refractivity contribution in [2.75, 3.05) is 20.7 Å². The van der Waals surface area contributed by atoms with Gasteiger partial charge in [-0.1, -0.05) is 6.07 Å². The average molecular weight is 329 g/mol. The molecule has 1 rings (SSSR count). The summed E-state index contributed by atoms with van der Waals surface area (Å²) in [5.74, 6) is 1.01. The average Bonchev–Trinajstić information content (AvgIpc) is 2.44. The minimum absolute atomic E-state index is 0.0391. The fraction of sp³-hybridized carbons (Fsp3) is 0.562. The van der Waals surface area contributed by atoms with Crippen LogP contribution in [0.5, 0.6) is 11.5 Å². The Kier molecular flexibility index (Phi) is 7.06. The largest absolute Gasteiger partial charge is 0.493 e. The van der Waals surface area contributed by atoms with Gasteiger partial charge >= 0.3 is 6.61 Å². The molecule has 0 aliphatic rings. The molecule has 0 saturated carbocycles. The van der Waals surface area contributed by atoms with Crippen molar-refractivity contribution >= 4 is 5.96 Å². The Labute approximate surface area is 136 Å². The van der Waals surface area contributed by atoms with Gasteiger partial charge in [-0.05, 0) is 44.9 Å². The predicted molar refractivity (Wildman–Crippen MR) is 87.6 cm³/mol. The molecule has 0 aliphatic heterocycles. The van der Waals surface area contributed by atoms with Crippen molar-refractivity contribution in [1.29, 1.82) is 0 Å². The lowest BCUT2D eigenvalue weighted by atomic mass is 10.1. The summed E-state index contributed by atoms with van der Waals surface area (Å²) in [5, 5.41) is 6.42. The zero-order chi connectivity index (χ0) is 17.5. The van der Waals surface area contributed by atoms with Crippen LogP contribution in [0, 0.1) is 0 Å². The van der Waals surface area contributed by atoms with Crippen LogP contribution < -0.4 is 20.1 Å². The molecule has 0 spiro atoms. The second-order valence-electron chi connectivity index (χ2n) is 5.99. The van der Waals surface area contributed by atoms with E-state index in [-0.39, 0.29) is 17.0 Å². The molecule has 0 saturated heterocycles. The molecule has 2 N–H and O–H groups in total. The van der Waals surface area contributed by atoms with Gasteiger partial charge in [0.05, 0.1) is 7.11 Å². The number of alkyl halides is 2. The summed E-state index contributed by atoms with van der Waals surface area (Å²) in [5.41, 5.74) is 0.764. The zero-order valence-corrected chi connectivity index (χ0v) is 14.2. The van der Waals surface area contributed by atoms with Gasteiger partial charge in [-0.25, -0.2) is 0 Å². The van der Waals surface area contributed by atoms with Gasteiger partial charge in [0.2, 0.25) is 0 Å². The number of nitrogens with one attached hydrogen (secondary N) is 2. The normalized spacial score (nSPS) is 12.3. The SMILES string of the molecule is CN=C(NCCc1ccc(OC)c(OC(F)F)c1)NC(C)(C)C. The van der Waals surface area contributed by atoms with Crippen LogP contribution in [0.3, 0.4) is 0 Å². The molecule has 0 fully saturated rings. The van der Waals surface area contributed by atoms with Gasteiger partial charge in [-0.2, -0.15) is 8.78 Å². The van der Waals surface area contributed by atoms with E-state index in [9.17, 15) is 8.78 Å². The van der Waals surface area contributed by atoms with Crippen molar-refractivity contribution in [3.05, 3.63) is 23.8 Å². The van der Waals surface area contributed by atoms with E-state index in [4.69, 9.17) is 4.74 Å². The maximum absolute atomic E-state index is 12.4. The van der Waals surface area contributed by atoms with Gasteiger partial charge in [0, 0.05) is 19.1 Å². The Bertz CT molecular complexity index is 529. The van der Waals surface area contributed by atoms with Crippen LogP contribution >= 0.6 is 0 Å². The van der Waals surface area contributed by atoms with Gasteiger partial charge in [0.25, 0.3) is 0 Å². The van der Waals surface area contributed by atoms with Crippen LogP contribution in [0.25, 0.3) is 0 Å². The molecule has 23 heavy (non-hydrogen) atoms. The quantitative estimate of drug-likeness (QED) is 0.622. The second-order valence-corrected chi connectivity index (χ2v) is 5.99. The third kappa shape index (κ3) is 7.17. The number of aliphatic imine (C=N–C) groups is 1. The number of halogens is 2. The van der Waals surface area contributed by atoms with E-state index < -0.39 is 6.61 Å². The third-order valence-electron chi connectivity index (χ3n) is 2.87. The van der Waals surface area contributed by atoms with Crippen LogP contribution in [-0.2, 0) is 6.42 Å². The van der Waals surface area contributed by atoms with E-state index >= 15 is 0 Å². The number of hydrogen-bond acceptors (Lipinski definition) is 3. The van der Waals surface area contributed by atoms with Crippen LogP contribution in [0.1, 0.15) is 26.3 Å². The summed E-state index contributed by atoms with van der Waals surface area (Å²) >= 11 is 0. The molecule has 5 nitrogen and oxygen atoms in total. The van der Waals surface area contributed by atoms with Gasteiger partial charge in [-0.15, -0.1) is 0 Å². The molecule has 1 aromatic carbocycles. The molecule has 0 radical (unpaired) electrons. The Morgan fingerprint density at radius 3 is 2.48 bits per heavy atom.